The minimum absolute atomic E-state index is 0.289. The lowest BCUT2D eigenvalue weighted by atomic mass is 9.85. The Labute approximate surface area is 123 Å². The number of Topliss-reactive ketones (excluding diaryl/α,β-unsaturated/α-hetero) is 1. The molecule has 0 aromatic heterocycles. The van der Waals surface area contributed by atoms with Gasteiger partial charge in [0.25, 0.3) is 0 Å². The van der Waals surface area contributed by atoms with E-state index in [-0.39, 0.29) is 11.3 Å². The molecule has 1 aromatic rings. The van der Waals surface area contributed by atoms with Crippen molar-refractivity contribution in [3.63, 3.8) is 0 Å². The smallest absolute Gasteiger partial charge is 0.182 e. The van der Waals surface area contributed by atoms with Crippen LogP contribution in [0.2, 0.25) is 0 Å². The van der Waals surface area contributed by atoms with E-state index >= 15 is 0 Å². The molecule has 0 radical (unpaired) electrons. The van der Waals surface area contributed by atoms with Crippen LogP contribution in [-0.4, -0.2) is 29.3 Å². The topological polar surface area (TPSA) is 20.3 Å². The molecule has 2 nitrogen and oxygen atoms in total. The highest BCUT2D eigenvalue weighted by atomic mass is 16.1. The highest BCUT2D eigenvalue weighted by Crippen LogP contribution is 2.28. The second kappa shape index (κ2) is 6.53. The molecule has 1 aliphatic heterocycles. The molecule has 0 aliphatic carbocycles. The van der Waals surface area contributed by atoms with Gasteiger partial charge in [-0.2, -0.15) is 0 Å². The number of rotatable bonds is 5. The second-order valence-corrected chi connectivity index (χ2v) is 6.06. The van der Waals surface area contributed by atoms with Crippen LogP contribution >= 0.6 is 0 Å². The Hall–Kier alpha value is -1.15. The van der Waals surface area contributed by atoms with Crippen LogP contribution in [0.4, 0.5) is 0 Å². The van der Waals surface area contributed by atoms with Crippen molar-refractivity contribution in [2.75, 3.05) is 13.1 Å². The summed E-state index contributed by atoms with van der Waals surface area (Å²) in [6, 6.07) is 8.15. The molecule has 1 aliphatic rings. The van der Waals surface area contributed by atoms with Crippen molar-refractivity contribution in [1.82, 2.24) is 4.90 Å². The van der Waals surface area contributed by atoms with Gasteiger partial charge < -0.3 is 0 Å². The Morgan fingerprint density at radius 3 is 2.50 bits per heavy atom. The number of ketones is 1. The van der Waals surface area contributed by atoms with E-state index in [0.717, 1.165) is 31.5 Å². The summed E-state index contributed by atoms with van der Waals surface area (Å²) in [6.07, 6.45) is 5.60. The molecule has 1 atom stereocenters. The molecule has 2 rings (SSSR count). The molecule has 0 amide bonds. The number of carbonyl (C=O) groups is 1. The Balaban J connectivity index is 2.26. The van der Waals surface area contributed by atoms with Crippen molar-refractivity contribution in [3.05, 3.63) is 35.4 Å². The van der Waals surface area contributed by atoms with Crippen LogP contribution in [0, 0.1) is 0 Å². The van der Waals surface area contributed by atoms with Gasteiger partial charge in [-0.25, -0.2) is 0 Å². The number of nitrogens with zero attached hydrogens (tertiary/aromatic N) is 1. The van der Waals surface area contributed by atoms with Gasteiger partial charge in [0.05, 0.1) is 5.54 Å². The van der Waals surface area contributed by atoms with Crippen LogP contribution in [0.25, 0.3) is 0 Å². The number of hydrogen-bond acceptors (Lipinski definition) is 2. The summed E-state index contributed by atoms with van der Waals surface area (Å²) < 4.78 is 0. The average Bonchev–Trinajstić information content (AvgIpc) is 2.54. The summed E-state index contributed by atoms with van der Waals surface area (Å²) in [5, 5.41) is 0. The van der Waals surface area contributed by atoms with Crippen molar-refractivity contribution in [3.8, 4) is 0 Å². The largest absolute Gasteiger partial charge is 0.292 e. The summed E-state index contributed by atoms with van der Waals surface area (Å²) in [7, 11) is 0. The number of hydrogen-bond donors (Lipinski definition) is 0. The SMILES string of the molecule is CCc1cccc(C(=O)C(C)(CC)N2CCCCC2)c1. The van der Waals surface area contributed by atoms with Gasteiger partial charge in [0.1, 0.15) is 0 Å². The summed E-state index contributed by atoms with van der Waals surface area (Å²) in [4.78, 5) is 15.4. The maximum Gasteiger partial charge on any atom is 0.182 e. The molecule has 0 bridgehead atoms. The normalized spacial score (nSPS) is 19.6. The Morgan fingerprint density at radius 1 is 1.20 bits per heavy atom. The predicted molar refractivity (Wildman–Crippen MR) is 84.3 cm³/mol. The first-order chi connectivity index (χ1) is 9.61. The number of aryl methyl sites for hydroxylation is 1. The minimum Gasteiger partial charge on any atom is -0.292 e. The molecular weight excluding hydrogens is 246 g/mol. The van der Waals surface area contributed by atoms with Gasteiger partial charge in [-0.3, -0.25) is 9.69 Å². The highest BCUT2D eigenvalue weighted by Gasteiger charge is 2.38. The minimum atomic E-state index is -0.340. The van der Waals surface area contributed by atoms with Crippen LogP contribution in [0.1, 0.15) is 62.4 Å². The fourth-order valence-corrected chi connectivity index (χ4v) is 3.16. The molecule has 2 heteroatoms. The fourth-order valence-electron chi connectivity index (χ4n) is 3.16. The van der Waals surface area contributed by atoms with Crippen LogP contribution in [0.3, 0.4) is 0 Å². The first-order valence-corrected chi connectivity index (χ1v) is 8.00. The van der Waals surface area contributed by atoms with Gasteiger partial charge >= 0.3 is 0 Å². The van der Waals surface area contributed by atoms with Crippen molar-refractivity contribution in [2.24, 2.45) is 0 Å². The highest BCUT2D eigenvalue weighted by molar-refractivity contribution is 6.03. The Kier molecular flexibility index (Phi) is 4.98. The van der Waals surface area contributed by atoms with Crippen molar-refractivity contribution in [1.29, 1.82) is 0 Å². The van der Waals surface area contributed by atoms with Crippen molar-refractivity contribution < 1.29 is 4.79 Å². The van der Waals surface area contributed by atoms with E-state index < -0.39 is 0 Å². The number of piperidine rings is 1. The Bertz CT molecular complexity index is 462. The van der Waals surface area contributed by atoms with E-state index in [0.29, 0.717) is 0 Å². The molecule has 1 heterocycles. The monoisotopic (exact) mass is 273 g/mol. The second-order valence-electron chi connectivity index (χ2n) is 6.06. The van der Waals surface area contributed by atoms with Crippen LogP contribution in [0.15, 0.2) is 24.3 Å². The molecule has 1 aromatic carbocycles. The third kappa shape index (κ3) is 2.95. The van der Waals surface area contributed by atoms with Gasteiger partial charge in [-0.05, 0) is 57.3 Å². The molecule has 1 fully saturated rings. The third-order valence-corrected chi connectivity index (χ3v) is 4.83. The molecule has 110 valence electrons. The molecule has 1 unspecified atom stereocenters. The van der Waals surface area contributed by atoms with E-state index in [1.165, 1.54) is 24.8 Å². The number of benzene rings is 1. The molecule has 0 N–H and O–H groups in total. The van der Waals surface area contributed by atoms with E-state index in [1.54, 1.807) is 0 Å². The quantitative estimate of drug-likeness (QED) is 0.753. The zero-order valence-electron chi connectivity index (χ0n) is 13.1. The average molecular weight is 273 g/mol. The Morgan fingerprint density at radius 2 is 1.90 bits per heavy atom. The molecule has 1 saturated heterocycles. The van der Waals surface area contributed by atoms with E-state index in [9.17, 15) is 4.79 Å². The number of carbonyl (C=O) groups excluding carboxylic acids is 1. The van der Waals surface area contributed by atoms with Crippen LogP contribution in [0.5, 0.6) is 0 Å². The summed E-state index contributed by atoms with van der Waals surface area (Å²) in [5.41, 5.74) is 1.78. The van der Waals surface area contributed by atoms with Gasteiger partial charge in [-0.1, -0.05) is 38.5 Å². The third-order valence-electron chi connectivity index (χ3n) is 4.83. The molecular formula is C18H27NO. The zero-order chi connectivity index (χ0) is 14.6. The zero-order valence-corrected chi connectivity index (χ0v) is 13.1. The molecule has 0 saturated carbocycles. The van der Waals surface area contributed by atoms with Crippen LogP contribution < -0.4 is 0 Å². The molecule has 20 heavy (non-hydrogen) atoms. The first-order valence-electron chi connectivity index (χ1n) is 8.00. The standard InChI is InChI=1S/C18H27NO/c1-4-15-10-9-11-16(14-15)17(20)18(3,5-2)19-12-7-6-8-13-19/h9-11,14H,4-8,12-13H2,1-3H3. The molecule has 0 spiro atoms. The van der Waals surface area contributed by atoms with Crippen molar-refractivity contribution >= 4 is 5.78 Å². The van der Waals surface area contributed by atoms with Crippen LogP contribution in [-0.2, 0) is 6.42 Å². The van der Waals surface area contributed by atoms with Gasteiger partial charge in [0, 0.05) is 5.56 Å². The summed E-state index contributed by atoms with van der Waals surface area (Å²) in [5.74, 6) is 0.289. The van der Waals surface area contributed by atoms with Gasteiger partial charge in [0.2, 0.25) is 0 Å². The van der Waals surface area contributed by atoms with Gasteiger partial charge in [0.15, 0.2) is 5.78 Å². The lowest BCUT2D eigenvalue weighted by molar-refractivity contribution is 0.0505. The lowest BCUT2D eigenvalue weighted by Gasteiger charge is -2.42. The van der Waals surface area contributed by atoms with E-state index in [4.69, 9.17) is 0 Å². The number of likely N-dealkylation sites (tertiary alicyclic amines) is 1. The maximum atomic E-state index is 13.0. The maximum absolute atomic E-state index is 13.0. The summed E-state index contributed by atoms with van der Waals surface area (Å²) in [6.45, 7) is 8.51. The first kappa shape index (κ1) is 15.2. The summed E-state index contributed by atoms with van der Waals surface area (Å²) >= 11 is 0. The van der Waals surface area contributed by atoms with Crippen molar-refractivity contribution in [2.45, 2.75) is 58.4 Å². The lowest BCUT2D eigenvalue weighted by Crippen LogP contribution is -2.53. The van der Waals surface area contributed by atoms with E-state index in [1.807, 2.05) is 12.1 Å². The fraction of sp³-hybridized carbons (Fsp3) is 0.611. The predicted octanol–water partition coefficient (Wildman–Crippen LogP) is 4.09. The van der Waals surface area contributed by atoms with Gasteiger partial charge in [-0.15, -0.1) is 0 Å². The van der Waals surface area contributed by atoms with E-state index in [2.05, 4.69) is 37.8 Å².